The zero-order valence-corrected chi connectivity index (χ0v) is 13.8. The maximum absolute atomic E-state index is 6.12. The van der Waals surface area contributed by atoms with Crippen molar-refractivity contribution < 1.29 is 18.9 Å². The molecule has 0 fully saturated rings. The van der Waals surface area contributed by atoms with Gasteiger partial charge in [-0.05, 0) is 13.0 Å². The maximum atomic E-state index is 6.12. The number of methoxy groups -OCH3 is 3. The van der Waals surface area contributed by atoms with Gasteiger partial charge in [-0.15, -0.1) is 0 Å². The quantitative estimate of drug-likeness (QED) is 0.672. The van der Waals surface area contributed by atoms with Gasteiger partial charge in [0, 0.05) is 44.0 Å². The first kappa shape index (κ1) is 18.0. The SMILES string of the molecule is COCCNCc1cc(Cl)cc(OC)c1OCC(C)OC. The van der Waals surface area contributed by atoms with Gasteiger partial charge in [-0.1, -0.05) is 11.6 Å². The van der Waals surface area contributed by atoms with Crippen molar-refractivity contribution in [3.8, 4) is 11.5 Å². The van der Waals surface area contributed by atoms with Gasteiger partial charge in [0.25, 0.3) is 0 Å². The first-order valence-electron chi connectivity index (χ1n) is 6.84. The van der Waals surface area contributed by atoms with Crippen LogP contribution >= 0.6 is 11.6 Å². The molecule has 21 heavy (non-hydrogen) atoms. The van der Waals surface area contributed by atoms with Gasteiger partial charge in [0.1, 0.15) is 6.61 Å². The van der Waals surface area contributed by atoms with E-state index in [2.05, 4.69) is 5.32 Å². The Morgan fingerprint density at radius 1 is 1.24 bits per heavy atom. The predicted molar refractivity (Wildman–Crippen MR) is 83.6 cm³/mol. The molecule has 0 radical (unpaired) electrons. The molecule has 1 aromatic carbocycles. The number of halogens is 1. The summed E-state index contributed by atoms with van der Waals surface area (Å²) >= 11 is 6.12. The molecule has 1 atom stereocenters. The fraction of sp³-hybridized carbons (Fsp3) is 0.600. The summed E-state index contributed by atoms with van der Waals surface area (Å²) in [6, 6.07) is 3.61. The molecular formula is C15H24ClNO4. The predicted octanol–water partition coefficient (Wildman–Crippen LogP) is 2.50. The molecule has 0 heterocycles. The standard InChI is InChI=1S/C15H24ClNO4/c1-11(19-3)10-21-15-12(9-17-5-6-18-2)7-13(16)8-14(15)20-4/h7-8,11,17H,5-6,9-10H2,1-4H3. The van der Waals surface area contributed by atoms with Crippen LogP contribution in [0.4, 0.5) is 0 Å². The van der Waals surface area contributed by atoms with E-state index in [1.807, 2.05) is 13.0 Å². The summed E-state index contributed by atoms with van der Waals surface area (Å²) in [7, 11) is 4.92. The van der Waals surface area contributed by atoms with Gasteiger partial charge >= 0.3 is 0 Å². The van der Waals surface area contributed by atoms with E-state index in [9.17, 15) is 0 Å². The zero-order chi connectivity index (χ0) is 15.7. The van der Waals surface area contributed by atoms with Crippen LogP contribution in [0, 0.1) is 0 Å². The third-order valence-electron chi connectivity index (χ3n) is 2.98. The summed E-state index contributed by atoms with van der Waals surface area (Å²) in [6.07, 6.45) is -0.000292. The van der Waals surface area contributed by atoms with Crippen molar-refractivity contribution >= 4 is 11.6 Å². The van der Waals surface area contributed by atoms with E-state index in [1.54, 1.807) is 27.4 Å². The summed E-state index contributed by atoms with van der Waals surface area (Å²) in [4.78, 5) is 0. The number of hydrogen-bond acceptors (Lipinski definition) is 5. The largest absolute Gasteiger partial charge is 0.493 e. The Balaban J connectivity index is 2.83. The molecule has 1 aromatic rings. The van der Waals surface area contributed by atoms with Crippen molar-refractivity contribution in [3.05, 3.63) is 22.7 Å². The minimum Gasteiger partial charge on any atom is -0.493 e. The monoisotopic (exact) mass is 317 g/mol. The van der Waals surface area contributed by atoms with E-state index in [0.29, 0.717) is 36.3 Å². The molecule has 0 spiro atoms. The third kappa shape index (κ3) is 6.09. The van der Waals surface area contributed by atoms with E-state index >= 15 is 0 Å². The highest BCUT2D eigenvalue weighted by atomic mass is 35.5. The van der Waals surface area contributed by atoms with Crippen LogP contribution in [0.3, 0.4) is 0 Å². The molecule has 6 heteroatoms. The number of ether oxygens (including phenoxy) is 4. The molecule has 0 saturated carbocycles. The van der Waals surface area contributed by atoms with E-state index < -0.39 is 0 Å². The van der Waals surface area contributed by atoms with Crippen LogP contribution in [0.15, 0.2) is 12.1 Å². The minimum atomic E-state index is -0.000292. The summed E-state index contributed by atoms with van der Waals surface area (Å²) in [5.41, 5.74) is 0.943. The Morgan fingerprint density at radius 3 is 2.62 bits per heavy atom. The van der Waals surface area contributed by atoms with Crippen LogP contribution in [-0.2, 0) is 16.0 Å². The average molecular weight is 318 g/mol. The normalized spacial score (nSPS) is 12.2. The average Bonchev–Trinajstić information content (AvgIpc) is 2.49. The molecule has 0 amide bonds. The number of nitrogens with one attached hydrogen (secondary N) is 1. The summed E-state index contributed by atoms with van der Waals surface area (Å²) < 4.78 is 21.4. The van der Waals surface area contributed by atoms with E-state index in [-0.39, 0.29) is 6.10 Å². The van der Waals surface area contributed by atoms with Gasteiger partial charge in [-0.2, -0.15) is 0 Å². The zero-order valence-electron chi connectivity index (χ0n) is 13.1. The molecule has 1 N–H and O–H groups in total. The topological polar surface area (TPSA) is 49.0 Å². The Kier molecular flexibility index (Phi) is 8.45. The van der Waals surface area contributed by atoms with Crippen LogP contribution < -0.4 is 14.8 Å². The van der Waals surface area contributed by atoms with Crippen LogP contribution in [0.1, 0.15) is 12.5 Å². The summed E-state index contributed by atoms with van der Waals surface area (Å²) in [5.74, 6) is 1.31. The van der Waals surface area contributed by atoms with Crippen LogP contribution in [-0.4, -0.2) is 47.2 Å². The molecule has 1 unspecified atom stereocenters. The lowest BCUT2D eigenvalue weighted by Gasteiger charge is -2.18. The lowest BCUT2D eigenvalue weighted by atomic mass is 10.1. The van der Waals surface area contributed by atoms with Crippen LogP contribution in [0.2, 0.25) is 5.02 Å². The number of benzene rings is 1. The Morgan fingerprint density at radius 2 is 2.00 bits per heavy atom. The molecular weight excluding hydrogens is 294 g/mol. The van der Waals surface area contributed by atoms with Crippen molar-refractivity contribution in [1.82, 2.24) is 5.32 Å². The Bertz CT molecular complexity index is 428. The van der Waals surface area contributed by atoms with Gasteiger partial charge in [-0.25, -0.2) is 0 Å². The summed E-state index contributed by atoms with van der Waals surface area (Å²) in [6.45, 7) is 4.41. The summed E-state index contributed by atoms with van der Waals surface area (Å²) in [5, 5.41) is 3.89. The first-order chi connectivity index (χ1) is 10.1. The second-order valence-corrected chi connectivity index (χ2v) is 5.06. The highest BCUT2D eigenvalue weighted by molar-refractivity contribution is 6.30. The van der Waals surface area contributed by atoms with Crippen molar-refractivity contribution in [2.45, 2.75) is 19.6 Å². The van der Waals surface area contributed by atoms with Gasteiger partial charge < -0.3 is 24.3 Å². The van der Waals surface area contributed by atoms with Crippen LogP contribution in [0.25, 0.3) is 0 Å². The van der Waals surface area contributed by atoms with Gasteiger partial charge in [0.2, 0.25) is 0 Å². The third-order valence-corrected chi connectivity index (χ3v) is 3.20. The Labute approximate surface area is 131 Å². The highest BCUT2D eigenvalue weighted by Gasteiger charge is 2.14. The molecule has 120 valence electrons. The Hall–Kier alpha value is -1.01. The molecule has 1 rings (SSSR count). The van der Waals surface area contributed by atoms with Crippen molar-refractivity contribution in [2.24, 2.45) is 0 Å². The smallest absolute Gasteiger partial charge is 0.165 e. The maximum Gasteiger partial charge on any atom is 0.165 e. The molecule has 5 nitrogen and oxygen atoms in total. The van der Waals surface area contributed by atoms with Gasteiger partial charge in [0.15, 0.2) is 11.5 Å². The van der Waals surface area contributed by atoms with E-state index in [1.165, 1.54) is 0 Å². The molecule has 0 aliphatic carbocycles. The van der Waals surface area contributed by atoms with E-state index in [4.69, 9.17) is 30.5 Å². The van der Waals surface area contributed by atoms with Crippen LogP contribution in [0.5, 0.6) is 11.5 Å². The highest BCUT2D eigenvalue weighted by Crippen LogP contribution is 2.34. The molecule has 0 aliphatic heterocycles. The number of rotatable bonds is 10. The molecule has 0 saturated heterocycles. The minimum absolute atomic E-state index is 0.000292. The fourth-order valence-corrected chi connectivity index (χ4v) is 1.97. The lowest BCUT2D eigenvalue weighted by Crippen LogP contribution is -2.21. The van der Waals surface area contributed by atoms with Crippen molar-refractivity contribution in [1.29, 1.82) is 0 Å². The molecule has 0 aliphatic rings. The van der Waals surface area contributed by atoms with Gasteiger partial charge in [-0.3, -0.25) is 0 Å². The first-order valence-corrected chi connectivity index (χ1v) is 7.21. The second-order valence-electron chi connectivity index (χ2n) is 4.62. The van der Waals surface area contributed by atoms with E-state index in [0.717, 1.165) is 12.1 Å². The number of hydrogen-bond donors (Lipinski definition) is 1. The lowest BCUT2D eigenvalue weighted by molar-refractivity contribution is 0.0701. The fourth-order valence-electron chi connectivity index (χ4n) is 1.74. The van der Waals surface area contributed by atoms with Crippen molar-refractivity contribution in [3.63, 3.8) is 0 Å². The second kappa shape index (κ2) is 9.84. The van der Waals surface area contributed by atoms with Crippen molar-refractivity contribution in [2.75, 3.05) is 41.1 Å². The molecule has 0 aromatic heterocycles. The van der Waals surface area contributed by atoms with Gasteiger partial charge in [0.05, 0.1) is 19.8 Å². The molecule has 0 bridgehead atoms.